The molecule has 1 unspecified atom stereocenters. The Morgan fingerprint density at radius 2 is 2.03 bits per heavy atom. The minimum atomic E-state index is -0.284. The zero-order valence-electron chi connectivity index (χ0n) is 17.4. The van der Waals surface area contributed by atoms with Gasteiger partial charge in [-0.1, -0.05) is 42.3 Å². The molecule has 162 valence electrons. The Kier molecular flexibility index (Phi) is 6.83. The van der Waals surface area contributed by atoms with Crippen molar-refractivity contribution < 1.29 is 9.53 Å². The van der Waals surface area contributed by atoms with Crippen LogP contribution < -0.4 is 15.0 Å². The largest absolute Gasteiger partial charge is 0.481 e. The molecule has 3 aromatic rings. The van der Waals surface area contributed by atoms with Crippen LogP contribution in [-0.2, 0) is 4.79 Å². The summed E-state index contributed by atoms with van der Waals surface area (Å²) in [7, 11) is 0. The lowest BCUT2D eigenvalue weighted by atomic mass is 10.00. The number of nitrogens with one attached hydrogen (secondary N) is 1. The quantitative estimate of drug-likeness (QED) is 0.469. The number of aromatic nitrogens is 1. The summed E-state index contributed by atoms with van der Waals surface area (Å²) in [5, 5.41) is 4.57. The Bertz CT molecular complexity index is 1090. The third kappa shape index (κ3) is 5.05. The fourth-order valence-electron chi connectivity index (χ4n) is 4.03. The van der Waals surface area contributed by atoms with Gasteiger partial charge in [-0.2, -0.15) is 0 Å². The van der Waals surface area contributed by atoms with E-state index < -0.39 is 0 Å². The summed E-state index contributed by atoms with van der Waals surface area (Å²) in [4.78, 5) is 19.7. The highest BCUT2D eigenvalue weighted by molar-refractivity contribution is 6.42. The number of fused-ring (bicyclic) bond motifs is 1. The van der Waals surface area contributed by atoms with Crippen molar-refractivity contribution in [3.05, 3.63) is 58.6 Å². The smallest absolute Gasteiger partial charge is 0.262 e. The summed E-state index contributed by atoms with van der Waals surface area (Å²) in [5.74, 6) is 1.28. The number of anilines is 2. The summed E-state index contributed by atoms with van der Waals surface area (Å²) in [6.45, 7) is 3.11. The molecule has 0 spiro atoms. The van der Waals surface area contributed by atoms with E-state index in [1.165, 1.54) is 19.3 Å². The molecule has 31 heavy (non-hydrogen) atoms. The standard InChI is InChI=1S/C24H25Cl2N3O2/c1-2-18-7-3-4-13-29(18)22-12-9-16-6-5-8-21(24(16)28-22)31-15-23(30)27-17-10-11-19(25)20(26)14-17/h5-6,8-12,14,18H,2-4,7,13,15H2,1H3,(H,27,30). The second-order valence-electron chi connectivity index (χ2n) is 7.71. The van der Waals surface area contributed by atoms with Gasteiger partial charge in [0, 0.05) is 23.7 Å². The molecule has 1 amide bonds. The van der Waals surface area contributed by atoms with Gasteiger partial charge in [-0.3, -0.25) is 4.79 Å². The number of amides is 1. The molecule has 5 nitrogen and oxygen atoms in total. The van der Waals surface area contributed by atoms with Gasteiger partial charge >= 0.3 is 0 Å². The van der Waals surface area contributed by atoms with Crippen molar-refractivity contribution in [2.45, 2.75) is 38.6 Å². The number of para-hydroxylation sites is 1. The highest BCUT2D eigenvalue weighted by Gasteiger charge is 2.22. The lowest BCUT2D eigenvalue weighted by Gasteiger charge is -2.36. The second kappa shape index (κ2) is 9.75. The highest BCUT2D eigenvalue weighted by atomic mass is 35.5. The average molecular weight is 458 g/mol. The number of ether oxygens (including phenoxy) is 1. The van der Waals surface area contributed by atoms with Gasteiger partial charge in [-0.15, -0.1) is 0 Å². The van der Waals surface area contributed by atoms with Crippen LogP contribution in [0.4, 0.5) is 11.5 Å². The minimum absolute atomic E-state index is 0.132. The van der Waals surface area contributed by atoms with Crippen molar-refractivity contribution in [2.75, 3.05) is 23.4 Å². The van der Waals surface area contributed by atoms with Crippen LogP contribution in [0.3, 0.4) is 0 Å². The third-order valence-corrected chi connectivity index (χ3v) is 6.36. The van der Waals surface area contributed by atoms with Crippen LogP contribution in [0.1, 0.15) is 32.6 Å². The van der Waals surface area contributed by atoms with Crippen molar-refractivity contribution >= 4 is 51.5 Å². The Morgan fingerprint density at radius 3 is 2.84 bits per heavy atom. The molecule has 1 aliphatic rings. The van der Waals surface area contributed by atoms with Gasteiger partial charge in [-0.05, 0) is 62.1 Å². The summed E-state index contributed by atoms with van der Waals surface area (Å²) >= 11 is 11.9. The first-order valence-corrected chi connectivity index (χ1v) is 11.3. The van der Waals surface area contributed by atoms with Crippen molar-refractivity contribution in [3.63, 3.8) is 0 Å². The fourth-order valence-corrected chi connectivity index (χ4v) is 4.32. The molecule has 1 fully saturated rings. The van der Waals surface area contributed by atoms with E-state index in [1.807, 2.05) is 18.2 Å². The number of carbonyl (C=O) groups excluding carboxylic acids is 1. The molecule has 4 rings (SSSR count). The summed E-state index contributed by atoms with van der Waals surface area (Å²) < 4.78 is 5.85. The molecule has 7 heteroatoms. The maximum absolute atomic E-state index is 12.4. The molecule has 2 aromatic carbocycles. The van der Waals surface area contributed by atoms with Crippen LogP contribution in [0.5, 0.6) is 5.75 Å². The predicted octanol–water partition coefficient (Wildman–Crippen LogP) is 6.33. The first-order chi connectivity index (χ1) is 15.0. The maximum atomic E-state index is 12.4. The van der Waals surface area contributed by atoms with Gasteiger partial charge in [-0.25, -0.2) is 4.98 Å². The second-order valence-corrected chi connectivity index (χ2v) is 8.53. The van der Waals surface area contributed by atoms with E-state index in [0.29, 0.717) is 27.5 Å². The molecule has 0 aliphatic carbocycles. The number of piperidine rings is 1. The van der Waals surface area contributed by atoms with E-state index in [1.54, 1.807) is 18.2 Å². The molecule has 1 aliphatic heterocycles. The number of carbonyl (C=O) groups is 1. The fraction of sp³-hybridized carbons (Fsp3) is 0.333. The van der Waals surface area contributed by atoms with Crippen molar-refractivity contribution in [1.29, 1.82) is 0 Å². The van der Waals surface area contributed by atoms with E-state index >= 15 is 0 Å². The van der Waals surface area contributed by atoms with Gasteiger partial charge in [0.1, 0.15) is 17.1 Å². The van der Waals surface area contributed by atoms with E-state index in [0.717, 1.165) is 29.7 Å². The van der Waals surface area contributed by atoms with Crippen LogP contribution in [0.2, 0.25) is 10.0 Å². The topological polar surface area (TPSA) is 54.5 Å². The van der Waals surface area contributed by atoms with Crippen molar-refractivity contribution in [1.82, 2.24) is 4.98 Å². The Balaban J connectivity index is 1.50. The predicted molar refractivity (Wildman–Crippen MR) is 128 cm³/mol. The summed E-state index contributed by atoms with van der Waals surface area (Å²) in [6, 6.07) is 15.4. The molecule has 1 saturated heterocycles. The van der Waals surface area contributed by atoms with Crippen molar-refractivity contribution in [2.24, 2.45) is 0 Å². The zero-order chi connectivity index (χ0) is 21.8. The number of benzene rings is 2. The summed E-state index contributed by atoms with van der Waals surface area (Å²) in [6.07, 6.45) is 4.75. The monoisotopic (exact) mass is 457 g/mol. The Hall–Kier alpha value is -2.50. The first kappa shape index (κ1) is 21.7. The molecule has 2 heterocycles. The molecule has 1 N–H and O–H groups in total. The van der Waals surface area contributed by atoms with Crippen molar-refractivity contribution in [3.8, 4) is 5.75 Å². The normalized spacial score (nSPS) is 16.4. The molecule has 0 bridgehead atoms. The SMILES string of the molecule is CCC1CCCCN1c1ccc2cccc(OCC(=O)Nc3ccc(Cl)c(Cl)c3)c2n1. The van der Waals surface area contributed by atoms with Gasteiger partial charge in [0.2, 0.25) is 0 Å². The number of hydrogen-bond donors (Lipinski definition) is 1. The van der Waals surface area contributed by atoms with Gasteiger partial charge in [0.05, 0.1) is 10.0 Å². The van der Waals surface area contributed by atoms with Gasteiger partial charge in [0.15, 0.2) is 6.61 Å². The third-order valence-electron chi connectivity index (χ3n) is 5.62. The number of rotatable bonds is 6. The molecular formula is C24H25Cl2N3O2. The van der Waals surface area contributed by atoms with E-state index in [-0.39, 0.29) is 12.5 Å². The Labute approximate surface area is 192 Å². The lowest BCUT2D eigenvalue weighted by Crippen LogP contribution is -2.39. The highest BCUT2D eigenvalue weighted by Crippen LogP contribution is 2.30. The zero-order valence-corrected chi connectivity index (χ0v) is 18.9. The maximum Gasteiger partial charge on any atom is 0.262 e. The van der Waals surface area contributed by atoms with Gasteiger partial charge in [0.25, 0.3) is 5.91 Å². The minimum Gasteiger partial charge on any atom is -0.481 e. The molecule has 0 saturated carbocycles. The van der Waals surface area contributed by atoms with E-state index in [9.17, 15) is 4.79 Å². The number of nitrogens with zero attached hydrogens (tertiary/aromatic N) is 2. The Morgan fingerprint density at radius 1 is 1.16 bits per heavy atom. The number of pyridine rings is 1. The molecular weight excluding hydrogens is 433 g/mol. The summed E-state index contributed by atoms with van der Waals surface area (Å²) in [5.41, 5.74) is 1.33. The lowest BCUT2D eigenvalue weighted by molar-refractivity contribution is -0.118. The number of halogens is 2. The molecule has 1 atom stereocenters. The van der Waals surface area contributed by atoms with Gasteiger partial charge < -0.3 is 15.0 Å². The van der Waals surface area contributed by atoms with Crippen LogP contribution >= 0.6 is 23.2 Å². The first-order valence-electron chi connectivity index (χ1n) is 10.6. The van der Waals surface area contributed by atoms with Crippen LogP contribution in [0.25, 0.3) is 10.9 Å². The van der Waals surface area contributed by atoms with Crippen LogP contribution in [0.15, 0.2) is 48.5 Å². The van der Waals surface area contributed by atoms with Crippen LogP contribution in [0, 0.1) is 0 Å². The average Bonchev–Trinajstić information content (AvgIpc) is 2.79. The molecule has 1 aromatic heterocycles. The van der Waals surface area contributed by atoms with E-state index in [2.05, 4.69) is 29.3 Å². The number of hydrogen-bond acceptors (Lipinski definition) is 4. The molecule has 0 radical (unpaired) electrons. The van der Waals surface area contributed by atoms with E-state index in [4.69, 9.17) is 32.9 Å². The van der Waals surface area contributed by atoms with Crippen LogP contribution in [-0.4, -0.2) is 30.1 Å².